The van der Waals surface area contributed by atoms with Gasteiger partial charge >= 0.3 is 0 Å². The van der Waals surface area contributed by atoms with Gasteiger partial charge in [-0.1, -0.05) is 48.5 Å². The molecule has 160 valence electrons. The van der Waals surface area contributed by atoms with Gasteiger partial charge < -0.3 is 14.5 Å². The van der Waals surface area contributed by atoms with Crippen LogP contribution in [-0.4, -0.2) is 30.4 Å². The zero-order valence-electron chi connectivity index (χ0n) is 17.0. The Balaban J connectivity index is 1.57. The second-order valence-electron chi connectivity index (χ2n) is 6.78. The predicted octanol–water partition coefficient (Wildman–Crippen LogP) is 2.16. The van der Waals surface area contributed by atoms with Crippen LogP contribution >= 0.6 is 0 Å². The molecule has 8 heteroatoms. The summed E-state index contributed by atoms with van der Waals surface area (Å²) in [7, 11) is 0. The zero-order chi connectivity index (χ0) is 22.1. The van der Waals surface area contributed by atoms with Crippen molar-refractivity contribution >= 4 is 17.7 Å². The van der Waals surface area contributed by atoms with Gasteiger partial charge in [0.1, 0.15) is 11.8 Å². The molecule has 1 heterocycles. The standard InChI is InChI=1S/C23H23N3O5/c1-16-8-5-6-11-19(16)31-15-21(27)25-26-22(28)18(14-17-9-3-2-4-10-17)24-23(29)20-12-7-13-30-20/h2-13,18H,14-15H2,1H3,(H,24,29)(H,25,27)(H,26,28)/t18-/m0/s1. The van der Waals surface area contributed by atoms with E-state index in [1.165, 1.54) is 12.3 Å². The molecule has 3 N–H and O–H groups in total. The average molecular weight is 421 g/mol. The quantitative estimate of drug-likeness (QED) is 0.483. The third kappa shape index (κ3) is 6.46. The summed E-state index contributed by atoms with van der Waals surface area (Å²) in [6, 6.07) is 18.6. The lowest BCUT2D eigenvalue weighted by atomic mass is 10.1. The van der Waals surface area contributed by atoms with E-state index in [1.54, 1.807) is 18.2 Å². The summed E-state index contributed by atoms with van der Waals surface area (Å²) in [5.41, 5.74) is 6.38. The average Bonchev–Trinajstić information content (AvgIpc) is 3.32. The first kappa shape index (κ1) is 21.6. The summed E-state index contributed by atoms with van der Waals surface area (Å²) in [4.78, 5) is 37.1. The maximum Gasteiger partial charge on any atom is 0.287 e. The van der Waals surface area contributed by atoms with Gasteiger partial charge in [-0.3, -0.25) is 25.2 Å². The number of hydrazine groups is 1. The lowest BCUT2D eigenvalue weighted by molar-refractivity contribution is -0.130. The van der Waals surface area contributed by atoms with Gasteiger partial charge in [-0.15, -0.1) is 0 Å². The SMILES string of the molecule is Cc1ccccc1OCC(=O)NNC(=O)[C@H](Cc1ccccc1)NC(=O)c1ccco1. The molecule has 0 fully saturated rings. The molecule has 2 aromatic carbocycles. The van der Waals surface area contributed by atoms with Crippen LogP contribution in [0, 0.1) is 6.92 Å². The molecule has 3 aromatic rings. The Morgan fingerprint density at radius 1 is 0.935 bits per heavy atom. The highest BCUT2D eigenvalue weighted by atomic mass is 16.5. The maximum absolute atomic E-state index is 12.7. The number of hydrogen-bond acceptors (Lipinski definition) is 5. The van der Waals surface area contributed by atoms with Gasteiger partial charge in [0.05, 0.1) is 6.26 Å². The number of amides is 3. The van der Waals surface area contributed by atoms with Crippen LogP contribution in [0.15, 0.2) is 77.4 Å². The number of benzene rings is 2. The number of para-hydroxylation sites is 1. The summed E-state index contributed by atoms with van der Waals surface area (Å²) in [5.74, 6) is -0.978. The van der Waals surface area contributed by atoms with Crippen molar-refractivity contribution in [3.8, 4) is 5.75 Å². The summed E-state index contributed by atoms with van der Waals surface area (Å²) in [5, 5.41) is 2.63. The fourth-order valence-corrected chi connectivity index (χ4v) is 2.81. The molecule has 8 nitrogen and oxygen atoms in total. The van der Waals surface area contributed by atoms with Crippen molar-refractivity contribution in [2.24, 2.45) is 0 Å². The zero-order valence-corrected chi connectivity index (χ0v) is 17.0. The van der Waals surface area contributed by atoms with Gasteiger partial charge in [-0.05, 0) is 36.2 Å². The predicted molar refractivity (Wildman–Crippen MR) is 113 cm³/mol. The van der Waals surface area contributed by atoms with Crippen molar-refractivity contribution in [3.63, 3.8) is 0 Å². The fourth-order valence-electron chi connectivity index (χ4n) is 2.81. The lowest BCUT2D eigenvalue weighted by Crippen LogP contribution is -2.53. The molecule has 0 aliphatic carbocycles. The van der Waals surface area contributed by atoms with E-state index in [4.69, 9.17) is 9.15 Å². The van der Waals surface area contributed by atoms with Crippen molar-refractivity contribution in [1.29, 1.82) is 0 Å². The van der Waals surface area contributed by atoms with Crippen molar-refractivity contribution in [2.75, 3.05) is 6.61 Å². The summed E-state index contributed by atoms with van der Waals surface area (Å²) >= 11 is 0. The number of hydrogen-bond donors (Lipinski definition) is 3. The molecule has 3 amide bonds. The molecule has 3 rings (SSSR count). The van der Waals surface area contributed by atoms with E-state index in [0.29, 0.717) is 5.75 Å². The normalized spacial score (nSPS) is 11.3. The van der Waals surface area contributed by atoms with Gasteiger partial charge in [0.2, 0.25) is 0 Å². The Morgan fingerprint density at radius 2 is 1.68 bits per heavy atom. The monoisotopic (exact) mass is 421 g/mol. The van der Waals surface area contributed by atoms with Gasteiger partial charge in [-0.2, -0.15) is 0 Å². The van der Waals surface area contributed by atoms with E-state index in [9.17, 15) is 14.4 Å². The molecule has 0 aliphatic heterocycles. The molecule has 0 spiro atoms. The minimum Gasteiger partial charge on any atom is -0.483 e. The summed E-state index contributed by atoms with van der Waals surface area (Å²) < 4.78 is 10.5. The van der Waals surface area contributed by atoms with E-state index in [0.717, 1.165) is 11.1 Å². The van der Waals surface area contributed by atoms with Crippen LogP contribution in [0.2, 0.25) is 0 Å². The van der Waals surface area contributed by atoms with Gasteiger partial charge in [0.15, 0.2) is 12.4 Å². The number of aryl methyl sites for hydroxylation is 1. The van der Waals surface area contributed by atoms with Gasteiger partial charge in [-0.25, -0.2) is 0 Å². The van der Waals surface area contributed by atoms with E-state index < -0.39 is 23.8 Å². The lowest BCUT2D eigenvalue weighted by Gasteiger charge is -2.18. The highest BCUT2D eigenvalue weighted by Gasteiger charge is 2.23. The number of carbonyl (C=O) groups excluding carboxylic acids is 3. The maximum atomic E-state index is 12.7. The highest BCUT2D eigenvalue weighted by Crippen LogP contribution is 2.15. The van der Waals surface area contributed by atoms with E-state index in [-0.39, 0.29) is 18.8 Å². The second-order valence-corrected chi connectivity index (χ2v) is 6.78. The van der Waals surface area contributed by atoms with Crippen molar-refractivity contribution in [1.82, 2.24) is 16.2 Å². The molecule has 0 saturated heterocycles. The molecule has 0 saturated carbocycles. The van der Waals surface area contributed by atoms with Crippen LogP contribution < -0.4 is 20.9 Å². The Hall–Kier alpha value is -4.07. The fraction of sp³-hybridized carbons (Fsp3) is 0.174. The first-order valence-corrected chi connectivity index (χ1v) is 9.68. The smallest absolute Gasteiger partial charge is 0.287 e. The van der Waals surface area contributed by atoms with Crippen molar-refractivity contribution in [2.45, 2.75) is 19.4 Å². The van der Waals surface area contributed by atoms with Crippen molar-refractivity contribution in [3.05, 3.63) is 89.9 Å². The molecular weight excluding hydrogens is 398 g/mol. The van der Waals surface area contributed by atoms with E-state index >= 15 is 0 Å². The number of furan rings is 1. The molecule has 1 aromatic heterocycles. The van der Waals surface area contributed by atoms with E-state index in [2.05, 4.69) is 16.2 Å². The number of rotatable bonds is 8. The van der Waals surface area contributed by atoms with Crippen LogP contribution in [0.4, 0.5) is 0 Å². The Bertz CT molecular complexity index is 1020. The molecule has 0 unspecified atom stereocenters. The number of nitrogens with one attached hydrogen (secondary N) is 3. The van der Waals surface area contributed by atoms with Crippen LogP contribution in [0.25, 0.3) is 0 Å². The minimum atomic E-state index is -0.933. The highest BCUT2D eigenvalue weighted by molar-refractivity contribution is 5.96. The largest absolute Gasteiger partial charge is 0.483 e. The Kier molecular flexibility index (Phi) is 7.42. The number of ether oxygens (including phenoxy) is 1. The molecule has 31 heavy (non-hydrogen) atoms. The third-order valence-corrected chi connectivity index (χ3v) is 4.43. The molecule has 1 atom stereocenters. The first-order chi connectivity index (χ1) is 15.0. The topological polar surface area (TPSA) is 110 Å². The van der Waals surface area contributed by atoms with E-state index in [1.807, 2.05) is 49.4 Å². The third-order valence-electron chi connectivity index (χ3n) is 4.43. The summed E-state index contributed by atoms with van der Waals surface area (Å²) in [6.45, 7) is 1.60. The molecule has 0 radical (unpaired) electrons. The van der Waals surface area contributed by atoms with Gasteiger partial charge in [0.25, 0.3) is 17.7 Å². The van der Waals surface area contributed by atoms with Crippen molar-refractivity contribution < 1.29 is 23.5 Å². The minimum absolute atomic E-state index is 0.0847. The second kappa shape index (κ2) is 10.6. The molecule has 0 bridgehead atoms. The summed E-state index contributed by atoms with van der Waals surface area (Å²) in [6.07, 6.45) is 1.60. The molecule has 0 aliphatic rings. The Morgan fingerprint density at radius 3 is 2.39 bits per heavy atom. The van der Waals surface area contributed by atoms with Crippen LogP contribution in [0.1, 0.15) is 21.7 Å². The Labute approximate surface area is 179 Å². The van der Waals surface area contributed by atoms with Crippen LogP contribution in [0.3, 0.4) is 0 Å². The number of carbonyl (C=O) groups is 3. The van der Waals surface area contributed by atoms with Crippen LogP contribution in [-0.2, 0) is 16.0 Å². The van der Waals surface area contributed by atoms with Gasteiger partial charge in [0, 0.05) is 6.42 Å². The van der Waals surface area contributed by atoms with Crippen LogP contribution in [0.5, 0.6) is 5.75 Å². The first-order valence-electron chi connectivity index (χ1n) is 9.68. The molecular formula is C23H23N3O5.